The van der Waals surface area contributed by atoms with Crippen molar-refractivity contribution < 1.29 is 0 Å². The van der Waals surface area contributed by atoms with Crippen LogP contribution in [0.3, 0.4) is 0 Å². The lowest BCUT2D eigenvalue weighted by molar-refractivity contribution is 0.702. The van der Waals surface area contributed by atoms with Gasteiger partial charge in [0.25, 0.3) is 0 Å². The SMILES string of the molecule is CN(C)Sc1ccc(SNc2ccccc2N(C)Cc2cncn2C)cc1. The summed E-state index contributed by atoms with van der Waals surface area (Å²) < 4.78 is 7.64. The monoisotopic (exact) mass is 399 g/mol. The molecule has 0 aliphatic rings. The van der Waals surface area contributed by atoms with Gasteiger partial charge in [0.1, 0.15) is 0 Å². The molecule has 0 saturated carbocycles. The van der Waals surface area contributed by atoms with Crippen molar-refractivity contribution in [2.24, 2.45) is 7.05 Å². The highest BCUT2D eigenvalue weighted by molar-refractivity contribution is 8.00. The van der Waals surface area contributed by atoms with Crippen LogP contribution in [0.25, 0.3) is 0 Å². The van der Waals surface area contributed by atoms with Crippen LogP contribution in [-0.4, -0.2) is 35.0 Å². The maximum Gasteiger partial charge on any atom is 0.0946 e. The highest BCUT2D eigenvalue weighted by Gasteiger charge is 2.10. The van der Waals surface area contributed by atoms with Crippen LogP contribution in [0.2, 0.25) is 0 Å². The summed E-state index contributed by atoms with van der Waals surface area (Å²) in [7, 11) is 8.22. The molecule has 7 heteroatoms. The largest absolute Gasteiger partial charge is 0.367 e. The van der Waals surface area contributed by atoms with E-state index in [1.807, 2.05) is 33.7 Å². The summed E-state index contributed by atoms with van der Waals surface area (Å²) in [5.41, 5.74) is 3.43. The fourth-order valence-electron chi connectivity index (χ4n) is 2.65. The van der Waals surface area contributed by atoms with Crippen molar-refractivity contribution in [2.75, 3.05) is 30.8 Å². The van der Waals surface area contributed by atoms with Crippen molar-refractivity contribution in [1.29, 1.82) is 0 Å². The molecule has 0 aliphatic heterocycles. The minimum absolute atomic E-state index is 0.802. The van der Waals surface area contributed by atoms with Crippen molar-refractivity contribution in [1.82, 2.24) is 13.9 Å². The van der Waals surface area contributed by atoms with Crippen molar-refractivity contribution in [2.45, 2.75) is 16.3 Å². The van der Waals surface area contributed by atoms with E-state index in [0.717, 1.165) is 17.9 Å². The first-order chi connectivity index (χ1) is 13.0. The Hall–Kier alpha value is -2.09. The van der Waals surface area contributed by atoms with Crippen LogP contribution in [0.4, 0.5) is 11.4 Å². The van der Waals surface area contributed by atoms with Gasteiger partial charge in [0.05, 0.1) is 29.9 Å². The number of nitrogens with zero attached hydrogens (tertiary/aromatic N) is 4. The average molecular weight is 400 g/mol. The number of imidazole rings is 1. The number of benzene rings is 2. The van der Waals surface area contributed by atoms with Crippen LogP contribution in [0.1, 0.15) is 5.69 Å². The predicted molar refractivity (Wildman–Crippen MR) is 117 cm³/mol. The number of hydrogen-bond donors (Lipinski definition) is 1. The zero-order valence-corrected chi connectivity index (χ0v) is 17.7. The molecule has 0 amide bonds. The molecule has 2 aromatic carbocycles. The minimum atomic E-state index is 0.802. The standard InChI is InChI=1S/C20H25N5S2/c1-23(2)27-18-11-9-17(10-12-18)26-22-19-7-5-6-8-20(19)24(3)14-16-13-21-15-25(16)4/h5-13,15,22H,14H2,1-4H3. The second kappa shape index (κ2) is 9.21. The summed E-state index contributed by atoms with van der Waals surface area (Å²) in [5.74, 6) is 0. The van der Waals surface area contributed by atoms with Gasteiger partial charge >= 0.3 is 0 Å². The van der Waals surface area contributed by atoms with E-state index in [9.17, 15) is 0 Å². The van der Waals surface area contributed by atoms with E-state index >= 15 is 0 Å². The molecule has 27 heavy (non-hydrogen) atoms. The molecule has 1 heterocycles. The number of aryl methyl sites for hydroxylation is 1. The Morgan fingerprint density at radius 1 is 1.00 bits per heavy atom. The number of anilines is 2. The minimum Gasteiger partial charge on any atom is -0.367 e. The Morgan fingerprint density at radius 3 is 2.37 bits per heavy atom. The van der Waals surface area contributed by atoms with Gasteiger partial charge in [0, 0.05) is 30.1 Å². The number of rotatable bonds is 8. The third-order valence-corrected chi connectivity index (χ3v) is 5.70. The lowest BCUT2D eigenvalue weighted by Crippen LogP contribution is -2.19. The molecule has 0 radical (unpaired) electrons. The first-order valence-corrected chi connectivity index (χ1v) is 10.3. The van der Waals surface area contributed by atoms with E-state index in [0.29, 0.717) is 0 Å². The zero-order valence-electron chi connectivity index (χ0n) is 16.1. The molecular formula is C20H25N5S2. The van der Waals surface area contributed by atoms with E-state index in [-0.39, 0.29) is 0 Å². The van der Waals surface area contributed by atoms with Crippen molar-refractivity contribution in [3.63, 3.8) is 0 Å². The van der Waals surface area contributed by atoms with Crippen LogP contribution in [-0.2, 0) is 13.6 Å². The lowest BCUT2D eigenvalue weighted by Gasteiger charge is -2.22. The highest BCUT2D eigenvalue weighted by atomic mass is 32.2. The topological polar surface area (TPSA) is 36.3 Å². The fraction of sp³-hybridized carbons (Fsp3) is 0.250. The summed E-state index contributed by atoms with van der Waals surface area (Å²) in [5, 5.41) is 0. The molecule has 142 valence electrons. The molecular weight excluding hydrogens is 374 g/mol. The lowest BCUT2D eigenvalue weighted by atomic mass is 10.2. The maximum atomic E-state index is 4.20. The Kier molecular flexibility index (Phi) is 6.71. The normalized spacial score (nSPS) is 11.0. The maximum absolute atomic E-state index is 4.20. The quantitative estimate of drug-likeness (QED) is 0.551. The Morgan fingerprint density at radius 2 is 1.70 bits per heavy atom. The van der Waals surface area contributed by atoms with E-state index in [4.69, 9.17) is 0 Å². The Bertz CT molecular complexity index is 861. The van der Waals surface area contributed by atoms with Crippen LogP contribution >= 0.6 is 23.9 Å². The Balaban J connectivity index is 1.66. The van der Waals surface area contributed by atoms with Crippen molar-refractivity contribution in [3.05, 3.63) is 66.7 Å². The molecule has 3 rings (SSSR count). The molecule has 0 spiro atoms. The van der Waals surface area contributed by atoms with Gasteiger partial charge in [-0.15, -0.1) is 0 Å². The predicted octanol–water partition coefficient (Wildman–Crippen LogP) is 4.74. The fourth-order valence-corrected chi connectivity index (χ4v) is 4.00. The first-order valence-electron chi connectivity index (χ1n) is 8.66. The van der Waals surface area contributed by atoms with Crippen molar-refractivity contribution in [3.8, 4) is 0 Å². The third kappa shape index (κ3) is 5.45. The summed E-state index contributed by atoms with van der Waals surface area (Å²) in [6.45, 7) is 0.802. The van der Waals surface area contributed by atoms with Gasteiger partial charge in [-0.25, -0.2) is 4.98 Å². The van der Waals surface area contributed by atoms with E-state index in [2.05, 4.69) is 79.1 Å². The summed E-state index contributed by atoms with van der Waals surface area (Å²) in [4.78, 5) is 8.86. The van der Waals surface area contributed by atoms with Gasteiger partial charge in [-0.3, -0.25) is 4.31 Å². The molecule has 5 nitrogen and oxygen atoms in total. The molecule has 3 aromatic rings. The molecule has 0 fully saturated rings. The molecule has 1 aromatic heterocycles. The van der Waals surface area contributed by atoms with Gasteiger partial charge in [-0.05, 0) is 74.4 Å². The average Bonchev–Trinajstić information content (AvgIpc) is 3.05. The second-order valence-electron chi connectivity index (χ2n) is 6.45. The third-order valence-electron chi connectivity index (χ3n) is 4.02. The Labute approximate surface area is 170 Å². The van der Waals surface area contributed by atoms with E-state index in [1.54, 1.807) is 23.9 Å². The summed E-state index contributed by atoms with van der Waals surface area (Å²) in [6.07, 6.45) is 3.75. The summed E-state index contributed by atoms with van der Waals surface area (Å²) in [6, 6.07) is 17.0. The second-order valence-corrected chi connectivity index (χ2v) is 8.71. The van der Waals surface area contributed by atoms with Gasteiger partial charge in [-0.2, -0.15) is 0 Å². The number of hydrogen-bond acceptors (Lipinski definition) is 6. The number of para-hydroxylation sites is 2. The van der Waals surface area contributed by atoms with Gasteiger partial charge in [0.2, 0.25) is 0 Å². The summed E-state index contributed by atoms with van der Waals surface area (Å²) >= 11 is 3.35. The van der Waals surface area contributed by atoms with Gasteiger partial charge in [-0.1, -0.05) is 12.1 Å². The number of aromatic nitrogens is 2. The van der Waals surface area contributed by atoms with Crippen LogP contribution in [0.5, 0.6) is 0 Å². The van der Waals surface area contributed by atoms with Crippen molar-refractivity contribution >= 4 is 35.3 Å². The van der Waals surface area contributed by atoms with Gasteiger partial charge < -0.3 is 14.2 Å². The molecule has 0 bridgehead atoms. The molecule has 0 atom stereocenters. The zero-order chi connectivity index (χ0) is 19.2. The first kappa shape index (κ1) is 19.7. The molecule has 0 aliphatic carbocycles. The van der Waals surface area contributed by atoms with Crippen LogP contribution in [0.15, 0.2) is 70.8 Å². The molecule has 0 saturated heterocycles. The van der Waals surface area contributed by atoms with E-state index in [1.165, 1.54) is 15.5 Å². The highest BCUT2D eigenvalue weighted by Crippen LogP contribution is 2.31. The van der Waals surface area contributed by atoms with Crippen LogP contribution < -0.4 is 9.62 Å². The van der Waals surface area contributed by atoms with E-state index < -0.39 is 0 Å². The van der Waals surface area contributed by atoms with Gasteiger partial charge in [0.15, 0.2) is 0 Å². The number of nitrogens with one attached hydrogen (secondary N) is 1. The smallest absolute Gasteiger partial charge is 0.0946 e. The molecule has 0 unspecified atom stereocenters. The van der Waals surface area contributed by atoms with Crippen LogP contribution in [0, 0.1) is 0 Å². The molecule has 1 N–H and O–H groups in total.